The summed E-state index contributed by atoms with van der Waals surface area (Å²) in [5.41, 5.74) is 0.836. The number of carbonyl (C=O) groups is 2. The number of hydrogen-bond donors (Lipinski definition) is 0. The number of thiophene rings is 1. The molecule has 1 aliphatic heterocycles. The molecule has 3 heterocycles. The van der Waals surface area contributed by atoms with E-state index in [9.17, 15) is 14.0 Å². The third kappa shape index (κ3) is 3.47. The minimum absolute atomic E-state index is 0.102. The molecule has 1 unspecified atom stereocenters. The van der Waals surface area contributed by atoms with Gasteiger partial charge in [-0.15, -0.1) is 11.3 Å². The zero-order valence-corrected chi connectivity index (χ0v) is 16.2. The lowest BCUT2D eigenvalue weighted by molar-refractivity contribution is 0.0519. The van der Waals surface area contributed by atoms with Crippen LogP contribution in [0.3, 0.4) is 0 Å². The van der Waals surface area contributed by atoms with Gasteiger partial charge in [-0.3, -0.25) is 9.59 Å². The summed E-state index contributed by atoms with van der Waals surface area (Å²) in [6.45, 7) is 1.07. The topological polar surface area (TPSA) is 66.4 Å². The highest BCUT2D eigenvalue weighted by Crippen LogP contribution is 2.24. The van der Waals surface area contributed by atoms with Gasteiger partial charge in [0, 0.05) is 37.1 Å². The first-order chi connectivity index (χ1) is 13.5. The van der Waals surface area contributed by atoms with Crippen LogP contribution in [0, 0.1) is 5.82 Å². The quantitative estimate of drug-likeness (QED) is 0.680. The maximum absolute atomic E-state index is 13.1. The molecule has 3 aromatic rings. The fraction of sp³-hybridized carbons (Fsp3) is 0.300. The van der Waals surface area contributed by atoms with Crippen molar-refractivity contribution in [2.75, 3.05) is 20.1 Å². The minimum atomic E-state index is -0.377. The summed E-state index contributed by atoms with van der Waals surface area (Å²) < 4.78 is 13.1. The van der Waals surface area contributed by atoms with Gasteiger partial charge in [-0.05, 0) is 48.6 Å². The first-order valence-corrected chi connectivity index (χ1v) is 9.93. The van der Waals surface area contributed by atoms with E-state index in [1.165, 1.54) is 41.9 Å². The van der Waals surface area contributed by atoms with Crippen LogP contribution in [0.2, 0.25) is 0 Å². The molecular weight excluding hydrogens is 379 g/mol. The molecule has 4 rings (SSSR count). The Bertz CT molecular complexity index is 1020. The summed E-state index contributed by atoms with van der Waals surface area (Å²) >= 11 is 1.47. The summed E-state index contributed by atoms with van der Waals surface area (Å²) in [6, 6.07) is 7.27. The molecule has 0 aliphatic carbocycles. The molecule has 8 heteroatoms. The molecule has 2 aromatic heterocycles. The predicted molar refractivity (Wildman–Crippen MR) is 105 cm³/mol. The Labute approximate surface area is 165 Å². The average Bonchev–Trinajstić information content (AvgIpc) is 3.22. The van der Waals surface area contributed by atoms with Crippen molar-refractivity contribution in [2.24, 2.45) is 0 Å². The van der Waals surface area contributed by atoms with Gasteiger partial charge in [0.15, 0.2) is 0 Å². The van der Waals surface area contributed by atoms with Crippen LogP contribution in [0.4, 0.5) is 4.39 Å². The van der Waals surface area contributed by atoms with Crippen molar-refractivity contribution in [3.8, 4) is 0 Å². The third-order valence-electron chi connectivity index (χ3n) is 5.11. The van der Waals surface area contributed by atoms with Crippen molar-refractivity contribution >= 4 is 33.4 Å². The normalized spacial score (nSPS) is 16.9. The Morgan fingerprint density at radius 3 is 2.79 bits per heavy atom. The smallest absolute Gasteiger partial charge is 0.273 e. The molecule has 1 fully saturated rings. The molecule has 144 valence electrons. The van der Waals surface area contributed by atoms with Crippen molar-refractivity contribution < 1.29 is 14.0 Å². The van der Waals surface area contributed by atoms with Crippen LogP contribution in [0.25, 0.3) is 10.2 Å². The van der Waals surface area contributed by atoms with E-state index in [4.69, 9.17) is 0 Å². The van der Waals surface area contributed by atoms with Gasteiger partial charge in [-0.2, -0.15) is 0 Å². The van der Waals surface area contributed by atoms with Crippen molar-refractivity contribution in [2.45, 2.75) is 18.9 Å². The molecule has 0 radical (unpaired) electrons. The number of benzene rings is 1. The maximum atomic E-state index is 13.1. The number of likely N-dealkylation sites (N-methyl/N-ethyl adjacent to an activating group) is 1. The average molecular weight is 398 g/mol. The number of aromatic nitrogens is 2. The van der Waals surface area contributed by atoms with E-state index in [1.54, 1.807) is 16.8 Å². The minimum Gasteiger partial charge on any atom is -0.337 e. The third-order valence-corrected chi connectivity index (χ3v) is 5.93. The number of nitrogens with zero attached hydrogens (tertiary/aromatic N) is 4. The molecule has 1 aliphatic rings. The van der Waals surface area contributed by atoms with Gasteiger partial charge in [0.05, 0.1) is 0 Å². The molecule has 1 atom stereocenters. The summed E-state index contributed by atoms with van der Waals surface area (Å²) in [7, 11) is 1.73. The molecule has 28 heavy (non-hydrogen) atoms. The van der Waals surface area contributed by atoms with Crippen LogP contribution in [0.15, 0.2) is 42.0 Å². The molecule has 2 amide bonds. The molecule has 0 bridgehead atoms. The summed E-state index contributed by atoms with van der Waals surface area (Å²) in [6.07, 6.45) is 3.03. The van der Waals surface area contributed by atoms with Crippen molar-refractivity contribution in [1.29, 1.82) is 0 Å². The number of likely N-dealkylation sites (tertiary alicyclic amines) is 1. The van der Waals surface area contributed by atoms with Gasteiger partial charge >= 0.3 is 0 Å². The zero-order valence-electron chi connectivity index (χ0n) is 15.3. The van der Waals surface area contributed by atoms with Crippen LogP contribution in [0.1, 0.15) is 33.7 Å². The molecule has 0 spiro atoms. The zero-order chi connectivity index (χ0) is 19.7. The second-order valence-corrected chi connectivity index (χ2v) is 7.73. The lowest BCUT2D eigenvalue weighted by Crippen LogP contribution is -2.50. The van der Waals surface area contributed by atoms with Crippen molar-refractivity contribution in [3.05, 3.63) is 59.1 Å². The standard InChI is InChI=1S/C20H19FN4O2S/c1-24(19(26)13-4-6-14(21)7-5-13)15-3-2-9-25(11-15)20(27)17-16-8-10-28-18(16)23-12-22-17/h4-8,10,12,15H,2-3,9,11H2,1H3. The molecule has 6 nitrogen and oxygen atoms in total. The van der Waals surface area contributed by atoms with Gasteiger partial charge in [-0.1, -0.05) is 0 Å². The molecular formula is C20H19FN4O2S. The summed E-state index contributed by atoms with van der Waals surface area (Å²) in [5, 5.41) is 2.65. The highest BCUT2D eigenvalue weighted by molar-refractivity contribution is 7.16. The molecule has 1 aromatic carbocycles. The van der Waals surface area contributed by atoms with Crippen molar-refractivity contribution in [1.82, 2.24) is 19.8 Å². The monoisotopic (exact) mass is 398 g/mol. The van der Waals surface area contributed by atoms with Crippen LogP contribution >= 0.6 is 11.3 Å². The van der Waals surface area contributed by atoms with Gasteiger partial charge in [0.25, 0.3) is 11.8 Å². The number of fused-ring (bicyclic) bond motifs is 1. The summed E-state index contributed by atoms with van der Waals surface area (Å²) in [5.74, 6) is -0.696. The number of halogens is 1. The van der Waals surface area contributed by atoms with E-state index < -0.39 is 0 Å². The Hall–Kier alpha value is -2.87. The van der Waals surface area contributed by atoms with E-state index in [1.807, 2.05) is 11.4 Å². The number of piperidine rings is 1. The van der Waals surface area contributed by atoms with Crippen LogP contribution in [0.5, 0.6) is 0 Å². The number of rotatable bonds is 3. The van der Waals surface area contributed by atoms with E-state index in [-0.39, 0.29) is 23.7 Å². The van der Waals surface area contributed by atoms with Crippen LogP contribution < -0.4 is 0 Å². The Balaban J connectivity index is 1.51. The fourth-order valence-corrected chi connectivity index (χ4v) is 4.26. The second-order valence-electron chi connectivity index (χ2n) is 6.83. The van der Waals surface area contributed by atoms with Crippen LogP contribution in [-0.4, -0.2) is 57.8 Å². The SMILES string of the molecule is CN(C(=O)c1ccc(F)cc1)C1CCCN(C(=O)c2ncnc3sccc23)C1. The Morgan fingerprint density at radius 1 is 1.21 bits per heavy atom. The van der Waals surface area contributed by atoms with Gasteiger partial charge in [-0.25, -0.2) is 14.4 Å². The lowest BCUT2D eigenvalue weighted by Gasteiger charge is -2.37. The maximum Gasteiger partial charge on any atom is 0.273 e. The largest absolute Gasteiger partial charge is 0.337 e. The highest BCUT2D eigenvalue weighted by Gasteiger charge is 2.30. The molecule has 1 saturated heterocycles. The number of carbonyl (C=O) groups excluding carboxylic acids is 2. The van der Waals surface area contributed by atoms with E-state index >= 15 is 0 Å². The lowest BCUT2D eigenvalue weighted by atomic mass is 10.0. The molecule has 0 saturated carbocycles. The van der Waals surface area contributed by atoms with Gasteiger partial charge in [0.2, 0.25) is 0 Å². The predicted octanol–water partition coefficient (Wildman–Crippen LogP) is 3.21. The summed E-state index contributed by atoms with van der Waals surface area (Å²) in [4.78, 5) is 38.4. The fourth-order valence-electron chi connectivity index (χ4n) is 3.53. The number of amides is 2. The Kier molecular flexibility index (Phi) is 5.04. The Morgan fingerprint density at radius 2 is 2.00 bits per heavy atom. The van der Waals surface area contributed by atoms with E-state index in [2.05, 4.69) is 9.97 Å². The second kappa shape index (κ2) is 7.63. The van der Waals surface area contributed by atoms with Gasteiger partial charge in [0.1, 0.15) is 22.7 Å². The van der Waals surface area contributed by atoms with Crippen molar-refractivity contribution in [3.63, 3.8) is 0 Å². The first-order valence-electron chi connectivity index (χ1n) is 9.05. The van der Waals surface area contributed by atoms with Gasteiger partial charge < -0.3 is 9.80 Å². The van der Waals surface area contributed by atoms with E-state index in [0.717, 1.165) is 23.1 Å². The first kappa shape index (κ1) is 18.5. The van der Waals surface area contributed by atoms with Crippen LogP contribution in [-0.2, 0) is 0 Å². The van der Waals surface area contributed by atoms with E-state index in [0.29, 0.717) is 24.3 Å². The highest BCUT2D eigenvalue weighted by atomic mass is 32.1. The number of hydrogen-bond acceptors (Lipinski definition) is 5. The molecule has 0 N–H and O–H groups in total.